The van der Waals surface area contributed by atoms with Gasteiger partial charge in [-0.1, -0.05) is 0 Å². The summed E-state index contributed by atoms with van der Waals surface area (Å²) in [6.45, 7) is 0. The molecular weight excluding hydrogens is 294 g/mol. The van der Waals surface area contributed by atoms with Crippen LogP contribution in [0.4, 0.5) is 8.78 Å². The van der Waals surface area contributed by atoms with Gasteiger partial charge in [0.2, 0.25) is 0 Å². The quantitative estimate of drug-likeness (QED) is 0.940. The van der Waals surface area contributed by atoms with Crippen LogP contribution in [0.15, 0.2) is 39.4 Å². The number of aliphatic hydroxyl groups excluding tert-OH is 1. The fourth-order valence-corrected chi connectivity index (χ4v) is 2.01. The molecule has 0 aliphatic heterocycles. The smallest absolute Gasteiger partial charge is 0.146 e. The van der Waals surface area contributed by atoms with Gasteiger partial charge in [0.05, 0.1) is 10.7 Å². The molecule has 1 atom stereocenters. The number of furan rings is 1. The summed E-state index contributed by atoms with van der Waals surface area (Å²) < 4.78 is 31.9. The lowest BCUT2D eigenvalue weighted by molar-refractivity contribution is 0.148. The minimum absolute atomic E-state index is 0.0459. The summed E-state index contributed by atoms with van der Waals surface area (Å²) in [5.74, 6) is -0.783. The van der Waals surface area contributed by atoms with Crippen molar-refractivity contribution in [3.8, 4) is 0 Å². The first kappa shape index (κ1) is 12.3. The van der Waals surface area contributed by atoms with Crippen molar-refractivity contribution < 1.29 is 18.3 Å². The van der Waals surface area contributed by atoms with E-state index < -0.39 is 17.7 Å². The topological polar surface area (TPSA) is 33.4 Å². The number of hydrogen-bond donors (Lipinski definition) is 1. The number of aliphatic hydroxyl groups is 1. The van der Waals surface area contributed by atoms with Crippen LogP contribution in [0.25, 0.3) is 0 Å². The van der Waals surface area contributed by atoms with Gasteiger partial charge in [-0.2, -0.15) is 0 Å². The largest absolute Gasteiger partial charge is 0.465 e. The standard InChI is InChI=1S/C12H9BrF2O2/c13-9-3-4-17-12(9)11(16)6-7-5-8(14)1-2-10(7)15/h1-5,11,16H,6H2. The lowest BCUT2D eigenvalue weighted by atomic mass is 10.1. The van der Waals surface area contributed by atoms with Crippen LogP contribution in [0.2, 0.25) is 0 Å². The number of benzene rings is 1. The van der Waals surface area contributed by atoms with Gasteiger partial charge in [-0.05, 0) is 45.8 Å². The van der Waals surface area contributed by atoms with Crippen molar-refractivity contribution in [2.45, 2.75) is 12.5 Å². The molecule has 2 rings (SSSR count). The highest BCUT2D eigenvalue weighted by atomic mass is 79.9. The van der Waals surface area contributed by atoms with Crippen LogP contribution in [0.1, 0.15) is 17.4 Å². The van der Waals surface area contributed by atoms with Crippen molar-refractivity contribution >= 4 is 15.9 Å². The van der Waals surface area contributed by atoms with E-state index in [-0.39, 0.29) is 12.0 Å². The zero-order valence-corrected chi connectivity index (χ0v) is 10.2. The lowest BCUT2D eigenvalue weighted by Gasteiger charge is -2.09. The van der Waals surface area contributed by atoms with Crippen molar-refractivity contribution in [1.82, 2.24) is 0 Å². The Kier molecular flexibility index (Phi) is 3.59. The number of rotatable bonds is 3. The lowest BCUT2D eigenvalue weighted by Crippen LogP contribution is -2.03. The highest BCUT2D eigenvalue weighted by molar-refractivity contribution is 9.10. The third kappa shape index (κ3) is 2.73. The molecule has 0 radical (unpaired) electrons. The number of halogens is 3. The molecule has 1 N–H and O–H groups in total. The second-order valence-corrected chi connectivity index (χ2v) is 4.44. The van der Waals surface area contributed by atoms with Crippen molar-refractivity contribution in [1.29, 1.82) is 0 Å². The van der Waals surface area contributed by atoms with Gasteiger partial charge in [0.15, 0.2) is 0 Å². The van der Waals surface area contributed by atoms with Gasteiger partial charge in [-0.15, -0.1) is 0 Å². The predicted molar refractivity (Wildman–Crippen MR) is 61.4 cm³/mol. The summed E-state index contributed by atoms with van der Waals surface area (Å²) >= 11 is 3.19. The minimum atomic E-state index is -1.02. The second kappa shape index (κ2) is 4.98. The Morgan fingerprint density at radius 1 is 1.29 bits per heavy atom. The molecule has 1 aromatic carbocycles. The first-order valence-electron chi connectivity index (χ1n) is 4.93. The van der Waals surface area contributed by atoms with E-state index in [9.17, 15) is 13.9 Å². The maximum absolute atomic E-state index is 13.4. The van der Waals surface area contributed by atoms with Crippen molar-refractivity contribution in [3.05, 3.63) is 58.0 Å². The molecule has 0 amide bonds. The van der Waals surface area contributed by atoms with Gasteiger partial charge in [0, 0.05) is 6.42 Å². The molecule has 2 nitrogen and oxygen atoms in total. The fraction of sp³-hybridized carbons (Fsp3) is 0.167. The third-order valence-electron chi connectivity index (χ3n) is 2.37. The SMILES string of the molecule is OC(Cc1cc(F)ccc1F)c1occc1Br. The highest BCUT2D eigenvalue weighted by Gasteiger charge is 2.17. The van der Waals surface area contributed by atoms with Crippen LogP contribution in [-0.2, 0) is 6.42 Å². The van der Waals surface area contributed by atoms with E-state index >= 15 is 0 Å². The molecule has 0 fully saturated rings. The van der Waals surface area contributed by atoms with Gasteiger partial charge in [-0.3, -0.25) is 0 Å². The molecule has 5 heteroatoms. The summed E-state index contributed by atoms with van der Waals surface area (Å²) in [5.41, 5.74) is 0.112. The van der Waals surface area contributed by atoms with Gasteiger partial charge in [0.1, 0.15) is 23.5 Å². The monoisotopic (exact) mass is 302 g/mol. The van der Waals surface area contributed by atoms with Crippen molar-refractivity contribution in [3.63, 3.8) is 0 Å². The van der Waals surface area contributed by atoms with Crippen LogP contribution in [-0.4, -0.2) is 5.11 Å². The van der Waals surface area contributed by atoms with Crippen LogP contribution in [0.3, 0.4) is 0 Å². The van der Waals surface area contributed by atoms with Crippen molar-refractivity contribution in [2.75, 3.05) is 0 Å². The van der Waals surface area contributed by atoms with E-state index in [0.29, 0.717) is 10.2 Å². The van der Waals surface area contributed by atoms with Gasteiger partial charge in [-0.25, -0.2) is 8.78 Å². The molecule has 0 spiro atoms. The third-order valence-corrected chi connectivity index (χ3v) is 3.02. The summed E-state index contributed by atoms with van der Waals surface area (Å²) in [4.78, 5) is 0. The maximum Gasteiger partial charge on any atom is 0.146 e. The highest BCUT2D eigenvalue weighted by Crippen LogP contribution is 2.27. The first-order chi connectivity index (χ1) is 8.08. The molecule has 0 saturated heterocycles. The molecule has 0 saturated carbocycles. The van der Waals surface area contributed by atoms with Crippen LogP contribution in [0, 0.1) is 11.6 Å². The van der Waals surface area contributed by atoms with Gasteiger partial charge < -0.3 is 9.52 Å². The fourth-order valence-electron chi connectivity index (χ4n) is 1.54. The zero-order valence-electron chi connectivity index (χ0n) is 8.66. The molecule has 1 unspecified atom stereocenters. The Balaban J connectivity index is 2.21. The molecule has 1 heterocycles. The molecule has 0 aliphatic rings. The van der Waals surface area contributed by atoms with Crippen molar-refractivity contribution in [2.24, 2.45) is 0 Å². The van der Waals surface area contributed by atoms with E-state index in [2.05, 4.69) is 15.9 Å². The van der Waals surface area contributed by atoms with Crippen LogP contribution in [0.5, 0.6) is 0 Å². The van der Waals surface area contributed by atoms with E-state index in [1.807, 2.05) is 0 Å². The molecule has 1 aromatic heterocycles. The summed E-state index contributed by atoms with van der Waals surface area (Å²) in [6, 6.07) is 4.76. The van der Waals surface area contributed by atoms with Gasteiger partial charge >= 0.3 is 0 Å². The Bertz CT molecular complexity index is 525. The average molecular weight is 303 g/mol. The van der Waals surface area contributed by atoms with Crippen LogP contribution < -0.4 is 0 Å². The van der Waals surface area contributed by atoms with Crippen LogP contribution >= 0.6 is 15.9 Å². The molecule has 17 heavy (non-hydrogen) atoms. The maximum atomic E-state index is 13.4. The summed E-state index contributed by atoms with van der Waals surface area (Å²) in [5, 5.41) is 9.85. The average Bonchev–Trinajstić information content (AvgIpc) is 2.70. The second-order valence-electron chi connectivity index (χ2n) is 3.59. The number of hydrogen-bond acceptors (Lipinski definition) is 2. The predicted octanol–water partition coefficient (Wildman–Crippen LogP) is 3.60. The summed E-state index contributed by atoms with van der Waals surface area (Å²) in [6.07, 6.45) is 0.343. The molecule has 90 valence electrons. The van der Waals surface area contributed by atoms with E-state index in [0.717, 1.165) is 18.2 Å². The Morgan fingerprint density at radius 3 is 2.71 bits per heavy atom. The molecule has 2 aromatic rings. The zero-order chi connectivity index (χ0) is 12.4. The van der Waals surface area contributed by atoms with E-state index in [4.69, 9.17) is 4.42 Å². The summed E-state index contributed by atoms with van der Waals surface area (Å²) in [7, 11) is 0. The Hall–Kier alpha value is -1.20. The normalized spacial score (nSPS) is 12.7. The Labute approximate surface area is 105 Å². The molecule has 0 aliphatic carbocycles. The van der Waals surface area contributed by atoms with E-state index in [1.54, 1.807) is 6.07 Å². The van der Waals surface area contributed by atoms with Gasteiger partial charge in [0.25, 0.3) is 0 Å². The Morgan fingerprint density at radius 2 is 2.06 bits per heavy atom. The molecular formula is C12H9BrF2O2. The van der Waals surface area contributed by atoms with E-state index in [1.165, 1.54) is 6.26 Å². The minimum Gasteiger partial charge on any atom is -0.465 e. The molecule has 0 bridgehead atoms. The first-order valence-corrected chi connectivity index (χ1v) is 5.72.